The summed E-state index contributed by atoms with van der Waals surface area (Å²) in [6.07, 6.45) is 1.79. The highest BCUT2D eigenvalue weighted by atomic mass is 15.1. The first-order chi connectivity index (χ1) is 39.1. The quantitative estimate of drug-likeness (QED) is 0.138. The number of aromatic nitrogens is 3. The zero-order valence-electron chi connectivity index (χ0n) is 41.7. The van der Waals surface area contributed by atoms with E-state index in [1.807, 2.05) is 102 Å². The first kappa shape index (κ1) is 48.1. The largest absolute Gasteiger partial charge is 0.307 e. The van der Waals surface area contributed by atoms with Crippen LogP contribution in [0.25, 0.3) is 116 Å². The van der Waals surface area contributed by atoms with Crippen LogP contribution in [0, 0.1) is 97.2 Å². The second-order valence-electron chi connectivity index (χ2n) is 18.9. The standard InChI is InChI=1S/C68H30N12/c1-77-57-24-47(38-76)23-56(25-57)51-8-10-59-58-9-5-48(53-17-41(32-70)13-42(18-53)33-71)26-63(58)79(64(59)27-51)67-39-78-68(30-62(67)52-4-2-3-40(16-52)31-69)80-65-28-49(54-19-43(34-72)14-44(20-54)35-73)6-11-60(65)61-12-7-50(29-66(61)80)55-21-45(36-74)15-46(22-55)37-75/h2-30,39H. The van der Waals surface area contributed by atoms with E-state index in [4.69, 9.17) is 11.6 Å². The van der Waals surface area contributed by atoms with Crippen LogP contribution in [0.1, 0.15) is 44.5 Å². The summed E-state index contributed by atoms with van der Waals surface area (Å²) in [4.78, 5) is 9.01. The van der Waals surface area contributed by atoms with Gasteiger partial charge >= 0.3 is 0 Å². The molecule has 0 fully saturated rings. The van der Waals surface area contributed by atoms with Gasteiger partial charge in [-0.1, -0.05) is 60.7 Å². The number of benzene rings is 9. The van der Waals surface area contributed by atoms with E-state index < -0.39 is 0 Å². The lowest BCUT2D eigenvalue weighted by molar-refractivity contribution is 1.06. The van der Waals surface area contributed by atoms with E-state index in [1.165, 1.54) is 0 Å². The van der Waals surface area contributed by atoms with Gasteiger partial charge in [0.05, 0.1) is 128 Å². The summed E-state index contributed by atoms with van der Waals surface area (Å²) in [7, 11) is 0. The van der Waals surface area contributed by atoms with E-state index >= 15 is 0 Å². The van der Waals surface area contributed by atoms with Crippen molar-refractivity contribution in [1.29, 1.82) is 42.1 Å². The SMILES string of the molecule is [C-]#[N+]c1cc(C#N)cc(-c2ccc3c4ccc(-c5cc(C#N)cc(C#N)c5)cc4n(-c4cnc(-n5c6cc(-c7cc(C#N)cc(C#N)c7)ccc6c6ccc(-c7cc(C#N)cc(C#N)c7)cc65)cc4-c4cccc(C#N)c4)c3c2)c1. The Labute approximate surface area is 457 Å². The molecular weight excluding hydrogens is 985 g/mol. The van der Waals surface area contributed by atoms with E-state index in [1.54, 1.807) is 85.1 Å². The minimum Gasteiger partial charge on any atom is -0.307 e. The van der Waals surface area contributed by atoms with Crippen LogP contribution in [0.5, 0.6) is 0 Å². The number of rotatable bonds is 7. The van der Waals surface area contributed by atoms with Crippen LogP contribution in [0.3, 0.4) is 0 Å². The summed E-state index contributed by atoms with van der Waals surface area (Å²) < 4.78 is 4.13. The van der Waals surface area contributed by atoms with Crippen molar-refractivity contribution in [2.24, 2.45) is 0 Å². The lowest BCUT2D eigenvalue weighted by Gasteiger charge is -2.17. The highest BCUT2D eigenvalue weighted by Gasteiger charge is 2.23. The molecule has 0 amide bonds. The van der Waals surface area contributed by atoms with Gasteiger partial charge in [0.2, 0.25) is 0 Å². The van der Waals surface area contributed by atoms with E-state index in [0.29, 0.717) is 95.1 Å². The summed E-state index contributed by atoms with van der Waals surface area (Å²) in [5.74, 6) is 0.479. The Morgan fingerprint density at radius 2 is 0.675 bits per heavy atom. The second kappa shape index (κ2) is 19.4. The number of pyridine rings is 1. The van der Waals surface area contributed by atoms with Crippen LogP contribution in [0.15, 0.2) is 182 Å². The monoisotopic (exact) mass is 1010 g/mol. The average molecular weight is 1020 g/mol. The van der Waals surface area contributed by atoms with Crippen LogP contribution in [-0.2, 0) is 0 Å². The lowest BCUT2D eigenvalue weighted by atomic mass is 9.98. The third kappa shape index (κ3) is 8.26. The van der Waals surface area contributed by atoms with Gasteiger partial charge in [0.1, 0.15) is 5.82 Å². The van der Waals surface area contributed by atoms with Crippen LogP contribution in [-0.4, -0.2) is 14.1 Å². The van der Waals surface area contributed by atoms with Gasteiger partial charge in [-0.25, -0.2) is 9.83 Å². The highest BCUT2D eigenvalue weighted by Crippen LogP contribution is 2.43. The second-order valence-corrected chi connectivity index (χ2v) is 18.9. The van der Waals surface area contributed by atoms with Crippen LogP contribution in [0.4, 0.5) is 5.69 Å². The van der Waals surface area contributed by atoms with Crippen molar-refractivity contribution in [3.05, 3.63) is 238 Å². The van der Waals surface area contributed by atoms with Crippen molar-refractivity contribution in [2.75, 3.05) is 0 Å². The molecule has 12 nitrogen and oxygen atoms in total. The Kier molecular flexibility index (Phi) is 11.7. The van der Waals surface area contributed by atoms with Gasteiger partial charge in [0, 0.05) is 32.7 Å². The van der Waals surface area contributed by atoms with Crippen LogP contribution < -0.4 is 0 Å². The third-order valence-corrected chi connectivity index (χ3v) is 14.3. The molecule has 3 heterocycles. The van der Waals surface area contributed by atoms with Gasteiger partial charge in [-0.2, -0.15) is 42.1 Å². The minimum absolute atomic E-state index is 0.314. The molecule has 0 spiro atoms. The molecule has 0 bridgehead atoms. The number of nitrogens with zero attached hydrogens (tertiary/aromatic N) is 12. The van der Waals surface area contributed by atoms with E-state index in [-0.39, 0.29) is 0 Å². The molecule has 12 rings (SSSR count). The fourth-order valence-electron chi connectivity index (χ4n) is 10.7. The summed E-state index contributed by atoms with van der Waals surface area (Å²) in [5, 5.41) is 83.7. The number of fused-ring (bicyclic) bond motifs is 6. The molecule has 0 aliphatic heterocycles. The van der Waals surface area contributed by atoms with E-state index in [9.17, 15) is 42.1 Å². The lowest BCUT2D eigenvalue weighted by Crippen LogP contribution is -2.04. The van der Waals surface area contributed by atoms with Crippen molar-refractivity contribution >= 4 is 49.3 Å². The molecule has 3 aromatic heterocycles. The Hall–Kier alpha value is -12.9. The van der Waals surface area contributed by atoms with E-state index in [2.05, 4.69) is 58.0 Å². The zero-order valence-corrected chi connectivity index (χ0v) is 41.7. The number of hydrogen-bond acceptors (Lipinski definition) is 9. The predicted molar refractivity (Wildman–Crippen MR) is 304 cm³/mol. The van der Waals surface area contributed by atoms with Crippen molar-refractivity contribution in [3.63, 3.8) is 0 Å². The molecule has 0 aliphatic carbocycles. The Morgan fingerprint density at radius 1 is 0.325 bits per heavy atom. The maximum atomic E-state index is 10.4. The number of nitriles is 8. The van der Waals surface area contributed by atoms with Crippen molar-refractivity contribution < 1.29 is 0 Å². The third-order valence-electron chi connectivity index (χ3n) is 14.3. The molecule has 0 radical (unpaired) electrons. The van der Waals surface area contributed by atoms with Crippen molar-refractivity contribution in [2.45, 2.75) is 0 Å². The first-order valence-electron chi connectivity index (χ1n) is 24.6. The van der Waals surface area contributed by atoms with E-state index in [0.717, 1.165) is 65.9 Å². The van der Waals surface area contributed by atoms with Gasteiger partial charge in [0.15, 0.2) is 5.69 Å². The summed E-state index contributed by atoms with van der Waals surface area (Å²) >= 11 is 0. The first-order valence-corrected chi connectivity index (χ1v) is 24.6. The molecule has 12 heteroatoms. The fourth-order valence-corrected chi connectivity index (χ4v) is 10.7. The summed E-state index contributed by atoms with van der Waals surface area (Å²) in [5.41, 5.74) is 13.6. The molecule has 0 N–H and O–H groups in total. The highest BCUT2D eigenvalue weighted by molar-refractivity contribution is 6.13. The zero-order chi connectivity index (χ0) is 55.2. The maximum absolute atomic E-state index is 10.4. The van der Waals surface area contributed by atoms with Crippen LogP contribution >= 0.6 is 0 Å². The molecule has 80 heavy (non-hydrogen) atoms. The predicted octanol–water partition coefficient (Wildman–Crippen LogP) is 15.1. The summed E-state index contributed by atoms with van der Waals surface area (Å²) in [6.45, 7) is 7.82. The molecule has 12 aromatic rings. The smallest absolute Gasteiger partial charge is 0.189 e. The van der Waals surface area contributed by atoms with Gasteiger partial charge < -0.3 is 4.57 Å². The van der Waals surface area contributed by atoms with Crippen molar-refractivity contribution in [1.82, 2.24) is 14.1 Å². The number of hydrogen-bond donors (Lipinski definition) is 0. The average Bonchev–Trinajstić information content (AvgIpc) is 4.03. The van der Waals surface area contributed by atoms with Crippen molar-refractivity contribution in [3.8, 4) is 116 Å². The molecular formula is C68H30N12. The molecule has 0 saturated carbocycles. The molecule has 362 valence electrons. The molecule has 0 saturated heterocycles. The fraction of sp³-hybridized carbons (Fsp3) is 0. The van der Waals surface area contributed by atoms with Gasteiger partial charge in [-0.15, -0.1) is 0 Å². The molecule has 0 aliphatic rings. The normalized spacial score (nSPS) is 10.6. The minimum atomic E-state index is 0.314. The van der Waals surface area contributed by atoms with Gasteiger partial charge in [-0.3, -0.25) is 4.57 Å². The van der Waals surface area contributed by atoms with Gasteiger partial charge in [0.25, 0.3) is 0 Å². The molecule has 9 aromatic carbocycles. The molecule has 0 unspecified atom stereocenters. The van der Waals surface area contributed by atoms with Crippen LogP contribution in [0.2, 0.25) is 0 Å². The van der Waals surface area contributed by atoms with Gasteiger partial charge in [-0.05, 0) is 165 Å². The topological polar surface area (TPSA) is 217 Å². The molecule has 0 atom stereocenters. The maximum Gasteiger partial charge on any atom is 0.189 e. The Bertz CT molecular complexity index is 4750. The summed E-state index contributed by atoms with van der Waals surface area (Å²) in [6, 6.07) is 70.8. The Morgan fingerprint density at radius 3 is 1.05 bits per heavy atom. The Balaban J connectivity index is 1.18.